The zero-order valence-corrected chi connectivity index (χ0v) is 20.9. The number of unbranched alkanes of at least 4 members (excludes halogenated alkanes) is 2. The zero-order valence-electron chi connectivity index (χ0n) is 20.2. The Morgan fingerprint density at radius 3 is 2.09 bits per heavy atom. The molecule has 3 N–H and O–H groups in total. The van der Waals surface area contributed by atoms with E-state index in [4.69, 9.17) is 32.2 Å². The van der Waals surface area contributed by atoms with Crippen LogP contribution in [0.2, 0.25) is 5.02 Å². The molecule has 7 heteroatoms. The standard InChI is InChI=1S/C28H32ClN3O3/c1-20(2)32(22-9-5-3-6-10-22)28(33)25-16-15-24(19-26(25)29)35-18-8-4-7-17-34-23-13-11-21(12-14-23)27(30)31/h3,5-6,9-16,19-20H,4,7-8,17-18H2,1-2H3,(H3,30,31). The number of amides is 1. The van der Waals surface area contributed by atoms with Crippen molar-refractivity contribution in [3.8, 4) is 11.5 Å². The fourth-order valence-electron chi connectivity index (χ4n) is 3.62. The van der Waals surface area contributed by atoms with Gasteiger partial charge in [0.05, 0.1) is 23.8 Å². The minimum atomic E-state index is -0.140. The van der Waals surface area contributed by atoms with E-state index in [0.29, 0.717) is 35.1 Å². The number of benzene rings is 3. The number of carbonyl (C=O) groups is 1. The largest absolute Gasteiger partial charge is 0.494 e. The average molecular weight is 494 g/mol. The molecule has 0 aliphatic heterocycles. The van der Waals surface area contributed by atoms with Gasteiger partial charge >= 0.3 is 0 Å². The Bertz CT molecular complexity index is 1120. The number of anilines is 1. The van der Waals surface area contributed by atoms with Crippen LogP contribution >= 0.6 is 11.6 Å². The van der Waals surface area contributed by atoms with Crippen LogP contribution in [0.3, 0.4) is 0 Å². The summed E-state index contributed by atoms with van der Waals surface area (Å²) < 4.78 is 11.6. The number of hydrogen-bond donors (Lipinski definition) is 2. The lowest BCUT2D eigenvalue weighted by Crippen LogP contribution is -2.37. The number of carbonyl (C=O) groups excluding carboxylic acids is 1. The van der Waals surface area contributed by atoms with Crippen molar-refractivity contribution < 1.29 is 14.3 Å². The molecule has 0 bridgehead atoms. The Morgan fingerprint density at radius 1 is 0.914 bits per heavy atom. The van der Waals surface area contributed by atoms with Crippen molar-refractivity contribution in [3.63, 3.8) is 0 Å². The Labute approximate surface area is 212 Å². The van der Waals surface area contributed by atoms with Crippen molar-refractivity contribution >= 4 is 29.0 Å². The fraction of sp³-hybridized carbons (Fsp3) is 0.286. The first-order valence-electron chi connectivity index (χ1n) is 11.7. The SMILES string of the molecule is CC(C)N(C(=O)c1ccc(OCCCCCOc2ccc(C(=N)N)cc2)cc1Cl)c1ccccc1. The third-order valence-electron chi connectivity index (χ3n) is 5.43. The highest BCUT2D eigenvalue weighted by atomic mass is 35.5. The molecule has 0 aliphatic rings. The summed E-state index contributed by atoms with van der Waals surface area (Å²) >= 11 is 6.46. The molecule has 3 rings (SSSR count). The molecule has 0 aliphatic carbocycles. The van der Waals surface area contributed by atoms with Gasteiger partial charge in [0, 0.05) is 17.3 Å². The van der Waals surface area contributed by atoms with Crippen molar-refractivity contribution in [2.75, 3.05) is 18.1 Å². The first kappa shape index (κ1) is 26.1. The Hall–Kier alpha value is -3.51. The molecule has 35 heavy (non-hydrogen) atoms. The predicted octanol–water partition coefficient (Wildman–Crippen LogP) is 6.31. The van der Waals surface area contributed by atoms with Crippen molar-refractivity contribution in [3.05, 3.63) is 88.9 Å². The van der Waals surface area contributed by atoms with Crippen LogP contribution in [0.15, 0.2) is 72.8 Å². The van der Waals surface area contributed by atoms with Gasteiger partial charge in [-0.05, 0) is 87.7 Å². The van der Waals surface area contributed by atoms with Gasteiger partial charge < -0.3 is 20.1 Å². The van der Waals surface area contributed by atoms with E-state index in [-0.39, 0.29) is 17.8 Å². The molecular formula is C28H32ClN3O3. The highest BCUT2D eigenvalue weighted by Gasteiger charge is 2.22. The molecule has 0 fully saturated rings. The quantitative estimate of drug-likeness (QED) is 0.176. The van der Waals surface area contributed by atoms with E-state index in [1.54, 1.807) is 35.2 Å². The van der Waals surface area contributed by atoms with Gasteiger partial charge in [-0.3, -0.25) is 10.2 Å². The topological polar surface area (TPSA) is 88.6 Å². The number of nitrogens with two attached hydrogens (primary N) is 1. The normalized spacial score (nSPS) is 10.7. The Kier molecular flexibility index (Phi) is 9.56. The summed E-state index contributed by atoms with van der Waals surface area (Å²) in [5.74, 6) is 1.31. The smallest absolute Gasteiger partial charge is 0.260 e. The van der Waals surface area contributed by atoms with E-state index >= 15 is 0 Å². The summed E-state index contributed by atoms with van der Waals surface area (Å²) in [7, 11) is 0. The third kappa shape index (κ3) is 7.49. The minimum Gasteiger partial charge on any atom is -0.494 e. The maximum Gasteiger partial charge on any atom is 0.260 e. The number of ether oxygens (including phenoxy) is 2. The summed E-state index contributed by atoms with van der Waals surface area (Å²) in [6.07, 6.45) is 2.73. The first-order chi connectivity index (χ1) is 16.9. The number of nitrogens with zero attached hydrogens (tertiary/aromatic N) is 1. The van der Waals surface area contributed by atoms with Crippen LogP contribution in [0.1, 0.15) is 49.0 Å². The number of rotatable bonds is 12. The van der Waals surface area contributed by atoms with Gasteiger partial charge in [-0.2, -0.15) is 0 Å². The van der Waals surface area contributed by atoms with Gasteiger partial charge in [0.1, 0.15) is 17.3 Å². The van der Waals surface area contributed by atoms with Crippen molar-refractivity contribution in [2.24, 2.45) is 5.73 Å². The number of halogens is 1. The van der Waals surface area contributed by atoms with Crippen molar-refractivity contribution in [1.29, 1.82) is 5.41 Å². The lowest BCUT2D eigenvalue weighted by molar-refractivity contribution is 0.0980. The third-order valence-corrected chi connectivity index (χ3v) is 5.74. The van der Waals surface area contributed by atoms with Gasteiger partial charge in [0.25, 0.3) is 5.91 Å². The van der Waals surface area contributed by atoms with Crippen LogP contribution in [0.5, 0.6) is 11.5 Å². The number of hydrogen-bond acceptors (Lipinski definition) is 4. The molecule has 184 valence electrons. The second-order valence-corrected chi connectivity index (χ2v) is 8.85. The van der Waals surface area contributed by atoms with Gasteiger partial charge in [0.2, 0.25) is 0 Å². The molecule has 0 radical (unpaired) electrons. The van der Waals surface area contributed by atoms with Gasteiger partial charge in [0.15, 0.2) is 0 Å². The fourth-order valence-corrected chi connectivity index (χ4v) is 3.87. The monoisotopic (exact) mass is 493 g/mol. The van der Waals surface area contributed by atoms with Crippen LogP contribution < -0.4 is 20.1 Å². The molecule has 3 aromatic carbocycles. The number of amidine groups is 1. The highest BCUT2D eigenvalue weighted by Crippen LogP contribution is 2.27. The number of nitrogens with one attached hydrogen (secondary N) is 1. The zero-order chi connectivity index (χ0) is 25.2. The van der Waals surface area contributed by atoms with E-state index < -0.39 is 0 Å². The Balaban J connectivity index is 1.43. The van der Waals surface area contributed by atoms with Crippen molar-refractivity contribution in [1.82, 2.24) is 0 Å². The van der Waals surface area contributed by atoms with Crippen LogP contribution in [0, 0.1) is 5.41 Å². The molecule has 0 spiro atoms. The molecule has 0 unspecified atom stereocenters. The van der Waals surface area contributed by atoms with Crippen LogP contribution in [0.4, 0.5) is 5.69 Å². The summed E-state index contributed by atoms with van der Waals surface area (Å²) in [4.78, 5) is 14.9. The molecule has 1 amide bonds. The maximum absolute atomic E-state index is 13.2. The Morgan fingerprint density at radius 2 is 1.51 bits per heavy atom. The van der Waals surface area contributed by atoms with E-state index in [2.05, 4.69) is 0 Å². The summed E-state index contributed by atoms with van der Waals surface area (Å²) in [6, 6.07) is 22.0. The molecule has 3 aromatic rings. The second kappa shape index (κ2) is 12.8. The lowest BCUT2D eigenvalue weighted by Gasteiger charge is -2.27. The average Bonchev–Trinajstić information content (AvgIpc) is 2.84. The van der Waals surface area contributed by atoms with Gasteiger partial charge in [-0.25, -0.2) is 0 Å². The summed E-state index contributed by atoms with van der Waals surface area (Å²) in [5, 5.41) is 7.78. The minimum absolute atomic E-state index is 0.0132. The van der Waals surface area contributed by atoms with Gasteiger partial charge in [-0.15, -0.1) is 0 Å². The van der Waals surface area contributed by atoms with Crippen molar-refractivity contribution in [2.45, 2.75) is 39.2 Å². The lowest BCUT2D eigenvalue weighted by atomic mass is 10.1. The molecule has 6 nitrogen and oxygen atoms in total. The summed E-state index contributed by atoms with van der Waals surface area (Å²) in [5.41, 5.74) is 7.42. The summed E-state index contributed by atoms with van der Waals surface area (Å²) in [6.45, 7) is 5.12. The van der Waals surface area contributed by atoms with E-state index in [1.165, 1.54) is 0 Å². The van der Waals surface area contributed by atoms with E-state index in [0.717, 1.165) is 30.7 Å². The molecule has 0 aromatic heterocycles. The van der Waals surface area contributed by atoms with Crippen LogP contribution in [-0.4, -0.2) is 31.0 Å². The highest BCUT2D eigenvalue weighted by molar-refractivity contribution is 6.34. The molecule has 0 atom stereocenters. The van der Waals surface area contributed by atoms with Crippen LogP contribution in [0.25, 0.3) is 0 Å². The van der Waals surface area contributed by atoms with E-state index in [1.807, 2.05) is 56.3 Å². The number of para-hydroxylation sites is 1. The maximum atomic E-state index is 13.2. The van der Waals surface area contributed by atoms with Gasteiger partial charge in [-0.1, -0.05) is 29.8 Å². The number of nitrogen functional groups attached to an aromatic ring is 1. The van der Waals surface area contributed by atoms with E-state index in [9.17, 15) is 4.79 Å². The molecule has 0 heterocycles. The molecule has 0 saturated heterocycles. The molecular weight excluding hydrogens is 462 g/mol. The second-order valence-electron chi connectivity index (χ2n) is 8.44. The first-order valence-corrected chi connectivity index (χ1v) is 12.1. The van der Waals surface area contributed by atoms with Crippen LogP contribution in [-0.2, 0) is 0 Å². The molecule has 0 saturated carbocycles. The predicted molar refractivity (Wildman–Crippen MR) is 142 cm³/mol.